The fourth-order valence-corrected chi connectivity index (χ4v) is 1.33. The number of methoxy groups -OCH3 is 1. The van der Waals surface area contributed by atoms with Crippen LogP contribution < -0.4 is 5.56 Å². The van der Waals surface area contributed by atoms with Gasteiger partial charge in [-0.2, -0.15) is 0 Å². The third-order valence-electron chi connectivity index (χ3n) is 2.19. The molecule has 1 amide bonds. The molecule has 0 bridgehead atoms. The third-order valence-corrected chi connectivity index (χ3v) is 2.19. The first-order chi connectivity index (χ1) is 7.65. The van der Waals surface area contributed by atoms with E-state index < -0.39 is 0 Å². The van der Waals surface area contributed by atoms with Gasteiger partial charge >= 0.3 is 0 Å². The summed E-state index contributed by atoms with van der Waals surface area (Å²) in [7, 11) is 3.32. The van der Waals surface area contributed by atoms with E-state index in [4.69, 9.17) is 4.74 Å². The summed E-state index contributed by atoms with van der Waals surface area (Å²) in [5, 5.41) is 0. The quantitative estimate of drug-likeness (QED) is 0.740. The second-order valence-corrected chi connectivity index (χ2v) is 3.50. The van der Waals surface area contributed by atoms with E-state index in [2.05, 4.69) is 4.98 Å². The molecular formula is C11H16N2O3. The predicted octanol–water partition coefficient (Wildman–Crippen LogP) is 0.483. The zero-order chi connectivity index (χ0) is 12.0. The average molecular weight is 224 g/mol. The van der Waals surface area contributed by atoms with Crippen LogP contribution in [-0.4, -0.2) is 43.1 Å². The van der Waals surface area contributed by atoms with E-state index in [1.807, 2.05) is 0 Å². The molecule has 1 aromatic heterocycles. The Kier molecular flexibility index (Phi) is 4.72. The summed E-state index contributed by atoms with van der Waals surface area (Å²) in [4.78, 5) is 26.9. The van der Waals surface area contributed by atoms with Crippen LogP contribution in [0.4, 0.5) is 0 Å². The number of hydrogen-bond donors (Lipinski definition) is 1. The molecule has 16 heavy (non-hydrogen) atoms. The average Bonchev–Trinajstić information content (AvgIpc) is 2.28. The van der Waals surface area contributed by atoms with Gasteiger partial charge in [0.25, 0.3) is 5.91 Å². The number of aromatic amines is 1. The highest BCUT2D eigenvalue weighted by molar-refractivity contribution is 5.91. The van der Waals surface area contributed by atoms with Crippen molar-refractivity contribution >= 4 is 5.91 Å². The SMILES string of the molecule is COCCCN(C)C(=O)c1cccc(=O)[nH]1. The van der Waals surface area contributed by atoms with Gasteiger partial charge < -0.3 is 14.6 Å². The van der Waals surface area contributed by atoms with Crippen LogP contribution in [0.2, 0.25) is 0 Å². The van der Waals surface area contributed by atoms with Crippen molar-refractivity contribution in [1.82, 2.24) is 9.88 Å². The number of H-pyrrole nitrogens is 1. The van der Waals surface area contributed by atoms with Crippen LogP contribution in [0.1, 0.15) is 16.9 Å². The van der Waals surface area contributed by atoms with E-state index in [-0.39, 0.29) is 11.5 Å². The fourth-order valence-electron chi connectivity index (χ4n) is 1.33. The normalized spacial score (nSPS) is 10.1. The Morgan fingerprint density at radius 3 is 2.88 bits per heavy atom. The molecule has 0 fully saturated rings. The molecule has 88 valence electrons. The number of rotatable bonds is 5. The van der Waals surface area contributed by atoms with Crippen LogP contribution in [0.15, 0.2) is 23.0 Å². The fraction of sp³-hybridized carbons (Fsp3) is 0.455. The number of carbonyl (C=O) groups is 1. The summed E-state index contributed by atoms with van der Waals surface area (Å²) in [6.07, 6.45) is 0.774. The minimum atomic E-state index is -0.267. The summed E-state index contributed by atoms with van der Waals surface area (Å²) in [5.74, 6) is -0.186. The molecule has 5 nitrogen and oxygen atoms in total. The lowest BCUT2D eigenvalue weighted by molar-refractivity contribution is 0.0773. The van der Waals surface area contributed by atoms with Gasteiger partial charge in [0.05, 0.1) is 0 Å². The monoisotopic (exact) mass is 224 g/mol. The van der Waals surface area contributed by atoms with Gasteiger partial charge in [-0.1, -0.05) is 6.07 Å². The Morgan fingerprint density at radius 1 is 1.50 bits per heavy atom. The molecule has 0 aromatic carbocycles. The number of carbonyl (C=O) groups excluding carboxylic acids is 1. The van der Waals surface area contributed by atoms with E-state index in [1.54, 1.807) is 31.2 Å². The Hall–Kier alpha value is -1.62. The van der Waals surface area contributed by atoms with Gasteiger partial charge in [-0.3, -0.25) is 9.59 Å². The van der Waals surface area contributed by atoms with E-state index >= 15 is 0 Å². The first kappa shape index (κ1) is 12.4. The summed E-state index contributed by atoms with van der Waals surface area (Å²) < 4.78 is 4.90. The maximum absolute atomic E-state index is 11.8. The molecule has 0 saturated carbocycles. The number of amides is 1. The van der Waals surface area contributed by atoms with Gasteiger partial charge in [0, 0.05) is 33.4 Å². The van der Waals surface area contributed by atoms with Crippen molar-refractivity contribution in [3.63, 3.8) is 0 Å². The molecule has 5 heteroatoms. The molecule has 0 radical (unpaired) electrons. The van der Waals surface area contributed by atoms with Gasteiger partial charge in [0.2, 0.25) is 5.56 Å². The molecule has 0 atom stereocenters. The standard InChI is InChI=1S/C11H16N2O3/c1-13(7-4-8-16-2)11(15)9-5-3-6-10(14)12-9/h3,5-6H,4,7-8H2,1-2H3,(H,12,14). The van der Waals surface area contributed by atoms with Crippen LogP contribution in [0, 0.1) is 0 Å². The molecule has 0 aliphatic rings. The Morgan fingerprint density at radius 2 is 2.25 bits per heavy atom. The number of hydrogen-bond acceptors (Lipinski definition) is 3. The van der Waals surface area contributed by atoms with Crippen molar-refractivity contribution in [2.45, 2.75) is 6.42 Å². The zero-order valence-electron chi connectivity index (χ0n) is 9.53. The lowest BCUT2D eigenvalue weighted by Crippen LogP contribution is -2.30. The Bertz CT molecular complexity index is 400. The lowest BCUT2D eigenvalue weighted by atomic mass is 10.3. The van der Waals surface area contributed by atoms with Gasteiger partial charge in [-0.05, 0) is 12.5 Å². The Balaban J connectivity index is 2.60. The molecule has 0 spiro atoms. The molecule has 1 rings (SSSR count). The maximum atomic E-state index is 11.8. The van der Waals surface area contributed by atoms with Crippen LogP contribution in [0.5, 0.6) is 0 Å². The predicted molar refractivity (Wildman–Crippen MR) is 60.5 cm³/mol. The van der Waals surface area contributed by atoms with Crippen LogP contribution in [0.3, 0.4) is 0 Å². The molecule has 0 aliphatic heterocycles. The van der Waals surface area contributed by atoms with Crippen molar-refractivity contribution < 1.29 is 9.53 Å². The molecule has 0 unspecified atom stereocenters. The molecule has 1 N–H and O–H groups in total. The highest BCUT2D eigenvalue weighted by Gasteiger charge is 2.11. The first-order valence-electron chi connectivity index (χ1n) is 5.09. The van der Waals surface area contributed by atoms with Crippen molar-refractivity contribution in [2.24, 2.45) is 0 Å². The van der Waals surface area contributed by atoms with Crippen molar-refractivity contribution in [2.75, 3.05) is 27.3 Å². The number of ether oxygens (including phenoxy) is 1. The van der Waals surface area contributed by atoms with Gasteiger partial charge in [-0.25, -0.2) is 0 Å². The minimum absolute atomic E-state index is 0.186. The smallest absolute Gasteiger partial charge is 0.270 e. The van der Waals surface area contributed by atoms with Crippen molar-refractivity contribution in [3.8, 4) is 0 Å². The number of nitrogens with zero attached hydrogens (tertiary/aromatic N) is 1. The third kappa shape index (κ3) is 3.51. The summed E-state index contributed by atoms with van der Waals surface area (Å²) in [5.41, 5.74) is 0.0450. The highest BCUT2D eigenvalue weighted by Crippen LogP contribution is 1.98. The minimum Gasteiger partial charge on any atom is -0.385 e. The topological polar surface area (TPSA) is 62.4 Å². The van der Waals surface area contributed by atoms with E-state index in [0.717, 1.165) is 6.42 Å². The van der Waals surface area contributed by atoms with E-state index in [9.17, 15) is 9.59 Å². The first-order valence-corrected chi connectivity index (χ1v) is 5.09. The lowest BCUT2D eigenvalue weighted by Gasteiger charge is -2.16. The van der Waals surface area contributed by atoms with Crippen LogP contribution in [-0.2, 0) is 4.74 Å². The largest absolute Gasteiger partial charge is 0.385 e. The zero-order valence-corrected chi connectivity index (χ0v) is 9.53. The number of aromatic nitrogens is 1. The molecule has 0 saturated heterocycles. The van der Waals surface area contributed by atoms with Crippen molar-refractivity contribution in [1.29, 1.82) is 0 Å². The summed E-state index contributed by atoms with van der Waals surface area (Å²) in [6.45, 7) is 1.21. The van der Waals surface area contributed by atoms with Gasteiger partial charge in [0.15, 0.2) is 0 Å². The van der Waals surface area contributed by atoms with E-state index in [0.29, 0.717) is 18.8 Å². The maximum Gasteiger partial charge on any atom is 0.270 e. The van der Waals surface area contributed by atoms with E-state index in [1.165, 1.54) is 6.07 Å². The van der Waals surface area contributed by atoms with Crippen LogP contribution >= 0.6 is 0 Å². The molecule has 0 aliphatic carbocycles. The Labute approximate surface area is 94.0 Å². The second-order valence-electron chi connectivity index (χ2n) is 3.50. The number of pyridine rings is 1. The molecule has 1 heterocycles. The van der Waals surface area contributed by atoms with Gasteiger partial charge in [-0.15, -0.1) is 0 Å². The molecule has 1 aromatic rings. The van der Waals surface area contributed by atoms with Crippen LogP contribution in [0.25, 0.3) is 0 Å². The number of nitrogens with one attached hydrogen (secondary N) is 1. The molecular weight excluding hydrogens is 208 g/mol. The summed E-state index contributed by atoms with van der Waals surface area (Å²) >= 11 is 0. The summed E-state index contributed by atoms with van der Waals surface area (Å²) in [6, 6.07) is 4.54. The van der Waals surface area contributed by atoms with Crippen molar-refractivity contribution in [3.05, 3.63) is 34.2 Å². The highest BCUT2D eigenvalue weighted by atomic mass is 16.5. The second kappa shape index (κ2) is 6.07. The van der Waals surface area contributed by atoms with Gasteiger partial charge in [0.1, 0.15) is 5.69 Å².